The van der Waals surface area contributed by atoms with Gasteiger partial charge in [0.25, 0.3) is 0 Å². The van der Waals surface area contributed by atoms with E-state index in [1.165, 1.54) is 6.07 Å². The highest BCUT2D eigenvalue weighted by Crippen LogP contribution is 2.22. The van der Waals surface area contributed by atoms with Gasteiger partial charge in [-0.2, -0.15) is 0 Å². The fraction of sp³-hybridized carbons (Fsp3) is 0.0769. The first-order valence-electron chi connectivity index (χ1n) is 5.09. The maximum Gasteiger partial charge on any atom is 0.164 e. The van der Waals surface area contributed by atoms with Crippen molar-refractivity contribution in [3.8, 4) is 0 Å². The fourth-order valence-electron chi connectivity index (χ4n) is 1.48. The van der Waals surface area contributed by atoms with Crippen LogP contribution in [-0.4, -0.2) is 0 Å². The summed E-state index contributed by atoms with van der Waals surface area (Å²) in [7, 11) is 0. The molecule has 0 saturated heterocycles. The molecule has 0 aliphatic rings. The van der Waals surface area contributed by atoms with Crippen LogP contribution in [0, 0.1) is 5.82 Å². The molecule has 0 spiro atoms. The van der Waals surface area contributed by atoms with Crippen molar-refractivity contribution in [2.24, 2.45) is 0 Å². The van der Waals surface area contributed by atoms with E-state index < -0.39 is 5.82 Å². The Morgan fingerprint density at radius 2 is 1.94 bits per heavy atom. The van der Waals surface area contributed by atoms with Crippen LogP contribution in [-0.2, 0) is 6.54 Å². The first kappa shape index (κ1) is 12.4. The summed E-state index contributed by atoms with van der Waals surface area (Å²) >= 11 is 9.09. The molecule has 17 heavy (non-hydrogen) atoms. The third kappa shape index (κ3) is 3.20. The van der Waals surface area contributed by atoms with E-state index in [9.17, 15) is 4.39 Å². The van der Waals surface area contributed by atoms with E-state index in [2.05, 4.69) is 21.2 Å². The van der Waals surface area contributed by atoms with Gasteiger partial charge in [-0.1, -0.05) is 45.7 Å². The molecule has 0 aromatic heterocycles. The molecule has 0 unspecified atom stereocenters. The molecule has 0 amide bonds. The highest BCUT2D eigenvalue weighted by atomic mass is 79.9. The molecule has 4 heteroatoms. The van der Waals surface area contributed by atoms with E-state index in [4.69, 9.17) is 11.6 Å². The molecular formula is C13H10BrClFN. The SMILES string of the molecule is Fc1c(Cl)cccc1NCc1cccc(Br)c1. The second-order valence-electron chi connectivity index (χ2n) is 3.58. The first-order chi connectivity index (χ1) is 8.16. The largest absolute Gasteiger partial charge is 0.379 e. The Morgan fingerprint density at radius 1 is 1.18 bits per heavy atom. The molecule has 0 fully saturated rings. The lowest BCUT2D eigenvalue weighted by molar-refractivity contribution is 0.630. The summed E-state index contributed by atoms with van der Waals surface area (Å²) in [5, 5.41) is 3.15. The smallest absolute Gasteiger partial charge is 0.164 e. The van der Waals surface area contributed by atoms with Gasteiger partial charge < -0.3 is 5.32 Å². The van der Waals surface area contributed by atoms with E-state index in [-0.39, 0.29) is 5.02 Å². The predicted molar refractivity (Wildman–Crippen MR) is 72.9 cm³/mol. The molecule has 88 valence electrons. The van der Waals surface area contributed by atoms with E-state index in [1.807, 2.05) is 24.3 Å². The molecular weight excluding hydrogens is 305 g/mol. The number of anilines is 1. The number of rotatable bonds is 3. The van der Waals surface area contributed by atoms with Crippen LogP contribution in [0.3, 0.4) is 0 Å². The van der Waals surface area contributed by atoms with Gasteiger partial charge >= 0.3 is 0 Å². The van der Waals surface area contributed by atoms with Crippen molar-refractivity contribution in [3.63, 3.8) is 0 Å². The van der Waals surface area contributed by atoms with Crippen molar-refractivity contribution in [1.82, 2.24) is 0 Å². The Morgan fingerprint density at radius 3 is 2.71 bits per heavy atom. The van der Waals surface area contributed by atoms with Crippen LogP contribution in [0.2, 0.25) is 5.02 Å². The minimum atomic E-state index is -0.413. The lowest BCUT2D eigenvalue weighted by Crippen LogP contribution is -2.01. The second-order valence-corrected chi connectivity index (χ2v) is 4.91. The van der Waals surface area contributed by atoms with Crippen molar-refractivity contribution >= 4 is 33.2 Å². The monoisotopic (exact) mass is 313 g/mol. The van der Waals surface area contributed by atoms with Crippen molar-refractivity contribution < 1.29 is 4.39 Å². The van der Waals surface area contributed by atoms with E-state index in [0.29, 0.717) is 12.2 Å². The Labute approximate surface area is 113 Å². The van der Waals surface area contributed by atoms with Crippen LogP contribution >= 0.6 is 27.5 Å². The van der Waals surface area contributed by atoms with Crippen LogP contribution in [0.15, 0.2) is 46.9 Å². The summed E-state index contributed by atoms with van der Waals surface area (Å²) < 4.78 is 14.6. The molecule has 0 bridgehead atoms. The number of hydrogen-bond donors (Lipinski definition) is 1. The Kier molecular flexibility index (Phi) is 4.02. The first-order valence-corrected chi connectivity index (χ1v) is 6.26. The molecule has 2 aromatic carbocycles. The molecule has 0 heterocycles. The summed E-state index contributed by atoms with van der Waals surface area (Å²) in [5.74, 6) is -0.413. The van der Waals surface area contributed by atoms with Crippen molar-refractivity contribution in [2.45, 2.75) is 6.54 Å². The van der Waals surface area contributed by atoms with Gasteiger partial charge in [0.15, 0.2) is 5.82 Å². The molecule has 0 radical (unpaired) electrons. The standard InChI is InChI=1S/C13H10BrClFN/c14-10-4-1-3-9(7-10)8-17-12-6-2-5-11(15)13(12)16/h1-7,17H,8H2. The Hall–Kier alpha value is -1.06. The number of nitrogens with one attached hydrogen (secondary N) is 1. The lowest BCUT2D eigenvalue weighted by Gasteiger charge is -2.08. The average molecular weight is 315 g/mol. The van der Waals surface area contributed by atoms with Crippen molar-refractivity contribution in [3.05, 3.63) is 63.3 Å². The van der Waals surface area contributed by atoms with Gasteiger partial charge in [0.1, 0.15) is 0 Å². The molecule has 0 aliphatic carbocycles. The number of benzene rings is 2. The molecule has 0 aliphatic heterocycles. The Balaban J connectivity index is 2.10. The van der Waals surface area contributed by atoms with Gasteiger partial charge in [-0.25, -0.2) is 4.39 Å². The third-order valence-electron chi connectivity index (χ3n) is 2.32. The van der Waals surface area contributed by atoms with E-state index >= 15 is 0 Å². The normalized spacial score (nSPS) is 10.3. The topological polar surface area (TPSA) is 12.0 Å². The van der Waals surface area contributed by atoms with Gasteiger partial charge in [0, 0.05) is 11.0 Å². The number of halogens is 3. The zero-order chi connectivity index (χ0) is 12.3. The van der Waals surface area contributed by atoms with E-state index in [0.717, 1.165) is 10.0 Å². The minimum absolute atomic E-state index is 0.129. The molecule has 1 N–H and O–H groups in total. The number of hydrogen-bond acceptors (Lipinski definition) is 1. The summed E-state index contributed by atoms with van der Waals surface area (Å²) in [5.41, 5.74) is 1.48. The highest BCUT2D eigenvalue weighted by Gasteiger charge is 2.05. The predicted octanol–water partition coefficient (Wildman–Crippen LogP) is 4.85. The van der Waals surface area contributed by atoms with Crippen LogP contribution in [0.4, 0.5) is 10.1 Å². The molecule has 0 atom stereocenters. The van der Waals surface area contributed by atoms with Crippen LogP contribution < -0.4 is 5.32 Å². The van der Waals surface area contributed by atoms with Gasteiger partial charge in [-0.3, -0.25) is 0 Å². The summed E-state index contributed by atoms with van der Waals surface area (Å²) in [4.78, 5) is 0. The zero-order valence-corrected chi connectivity index (χ0v) is 11.2. The van der Waals surface area contributed by atoms with E-state index in [1.54, 1.807) is 12.1 Å². The molecule has 2 rings (SSSR count). The molecule has 1 nitrogen and oxygen atoms in total. The summed E-state index contributed by atoms with van der Waals surface area (Å²) in [6.45, 7) is 0.552. The molecule has 2 aromatic rings. The second kappa shape index (κ2) is 5.52. The van der Waals surface area contributed by atoms with Gasteiger partial charge in [-0.15, -0.1) is 0 Å². The van der Waals surface area contributed by atoms with Gasteiger partial charge in [0.05, 0.1) is 10.7 Å². The molecule has 0 saturated carbocycles. The van der Waals surface area contributed by atoms with Gasteiger partial charge in [0.2, 0.25) is 0 Å². The fourth-order valence-corrected chi connectivity index (χ4v) is 2.11. The zero-order valence-electron chi connectivity index (χ0n) is 8.88. The third-order valence-corrected chi connectivity index (χ3v) is 3.11. The van der Waals surface area contributed by atoms with Crippen LogP contribution in [0.25, 0.3) is 0 Å². The maximum absolute atomic E-state index is 13.6. The Bertz CT molecular complexity index is 531. The maximum atomic E-state index is 13.6. The quantitative estimate of drug-likeness (QED) is 0.853. The minimum Gasteiger partial charge on any atom is -0.379 e. The average Bonchev–Trinajstić information content (AvgIpc) is 2.31. The van der Waals surface area contributed by atoms with Gasteiger partial charge in [-0.05, 0) is 29.8 Å². The van der Waals surface area contributed by atoms with Crippen LogP contribution in [0.5, 0.6) is 0 Å². The summed E-state index contributed by atoms with van der Waals surface area (Å²) in [6.07, 6.45) is 0. The van der Waals surface area contributed by atoms with Crippen LogP contribution in [0.1, 0.15) is 5.56 Å². The van der Waals surface area contributed by atoms with Crippen molar-refractivity contribution in [1.29, 1.82) is 0 Å². The van der Waals surface area contributed by atoms with Crippen molar-refractivity contribution in [2.75, 3.05) is 5.32 Å². The summed E-state index contributed by atoms with van der Waals surface area (Å²) in [6, 6.07) is 12.8. The highest BCUT2D eigenvalue weighted by molar-refractivity contribution is 9.10. The lowest BCUT2D eigenvalue weighted by atomic mass is 10.2.